The molecular formula is C11H21NO2. The van der Waals surface area contributed by atoms with Crippen LogP contribution in [0.4, 0.5) is 0 Å². The van der Waals surface area contributed by atoms with E-state index in [9.17, 15) is 4.79 Å². The third kappa shape index (κ3) is 2.98. The molecule has 0 spiro atoms. The van der Waals surface area contributed by atoms with Crippen molar-refractivity contribution in [3.05, 3.63) is 0 Å². The first-order valence-electron chi connectivity index (χ1n) is 5.42. The fourth-order valence-electron chi connectivity index (χ4n) is 2.41. The van der Waals surface area contributed by atoms with E-state index in [4.69, 9.17) is 5.11 Å². The van der Waals surface area contributed by atoms with Crippen molar-refractivity contribution >= 4 is 5.97 Å². The second-order valence-corrected chi connectivity index (χ2v) is 4.82. The highest BCUT2D eigenvalue weighted by atomic mass is 16.4. The highest BCUT2D eigenvalue weighted by molar-refractivity contribution is 5.67. The summed E-state index contributed by atoms with van der Waals surface area (Å²) in [6.07, 6.45) is 2.50. The smallest absolute Gasteiger partial charge is 0.303 e. The van der Waals surface area contributed by atoms with Crippen molar-refractivity contribution in [2.24, 2.45) is 11.8 Å². The normalized spacial score (nSPS) is 28.6. The van der Waals surface area contributed by atoms with Crippen LogP contribution in [0.3, 0.4) is 0 Å². The Kier molecular flexibility index (Phi) is 3.93. The summed E-state index contributed by atoms with van der Waals surface area (Å²) in [6, 6.07) is 0.478. The molecule has 0 aromatic heterocycles. The molecule has 1 fully saturated rings. The summed E-state index contributed by atoms with van der Waals surface area (Å²) in [6.45, 7) is 5.45. The van der Waals surface area contributed by atoms with E-state index in [1.54, 1.807) is 0 Å². The third-order valence-electron chi connectivity index (χ3n) is 3.11. The fraction of sp³-hybridized carbons (Fsp3) is 0.909. The van der Waals surface area contributed by atoms with Gasteiger partial charge in [-0.05, 0) is 38.3 Å². The van der Waals surface area contributed by atoms with Crippen molar-refractivity contribution in [1.82, 2.24) is 4.90 Å². The van der Waals surface area contributed by atoms with Crippen molar-refractivity contribution < 1.29 is 9.90 Å². The van der Waals surface area contributed by atoms with E-state index in [-0.39, 0.29) is 0 Å². The lowest BCUT2D eigenvalue weighted by Gasteiger charge is -2.25. The zero-order valence-electron chi connectivity index (χ0n) is 9.36. The number of carbonyl (C=O) groups is 1. The zero-order valence-corrected chi connectivity index (χ0v) is 9.36. The minimum atomic E-state index is -0.654. The van der Waals surface area contributed by atoms with Crippen LogP contribution in [0.5, 0.6) is 0 Å². The molecule has 0 radical (unpaired) electrons. The van der Waals surface area contributed by atoms with Gasteiger partial charge in [0.05, 0.1) is 0 Å². The number of carboxylic acid groups (broad SMARTS) is 1. The fourth-order valence-corrected chi connectivity index (χ4v) is 2.41. The van der Waals surface area contributed by atoms with Gasteiger partial charge in [-0.1, -0.05) is 13.8 Å². The molecule has 1 aliphatic rings. The highest BCUT2D eigenvalue weighted by Gasteiger charge is 2.33. The lowest BCUT2D eigenvalue weighted by atomic mass is 9.90. The van der Waals surface area contributed by atoms with Crippen LogP contribution in [0.2, 0.25) is 0 Å². The summed E-state index contributed by atoms with van der Waals surface area (Å²) in [5.41, 5.74) is 0. The summed E-state index contributed by atoms with van der Waals surface area (Å²) in [7, 11) is 2.11. The summed E-state index contributed by atoms with van der Waals surface area (Å²) in [5, 5.41) is 8.79. The van der Waals surface area contributed by atoms with Gasteiger partial charge in [0, 0.05) is 12.5 Å². The summed E-state index contributed by atoms with van der Waals surface area (Å²) < 4.78 is 0. The summed E-state index contributed by atoms with van der Waals surface area (Å²) in [5.74, 6) is 0.357. The van der Waals surface area contributed by atoms with Gasteiger partial charge in [-0.3, -0.25) is 4.79 Å². The average molecular weight is 199 g/mol. The molecule has 1 N–H and O–H groups in total. The van der Waals surface area contributed by atoms with E-state index in [0.717, 1.165) is 19.4 Å². The van der Waals surface area contributed by atoms with Crippen LogP contribution in [0, 0.1) is 11.8 Å². The standard InChI is InChI=1S/C11H21NO2/c1-8(2)6-10-9(7-11(13)14)4-5-12(10)3/h8-10H,4-7H2,1-3H3,(H,13,14). The number of nitrogens with zero attached hydrogens (tertiary/aromatic N) is 1. The third-order valence-corrected chi connectivity index (χ3v) is 3.11. The first-order valence-corrected chi connectivity index (χ1v) is 5.42. The maximum Gasteiger partial charge on any atom is 0.303 e. The summed E-state index contributed by atoms with van der Waals surface area (Å²) >= 11 is 0. The maximum absolute atomic E-state index is 10.7. The lowest BCUT2D eigenvalue weighted by molar-refractivity contribution is -0.138. The Morgan fingerprint density at radius 2 is 2.21 bits per heavy atom. The van der Waals surface area contributed by atoms with Gasteiger partial charge in [0.25, 0.3) is 0 Å². The number of aliphatic carboxylic acids is 1. The molecular weight excluding hydrogens is 178 g/mol. The van der Waals surface area contributed by atoms with Gasteiger partial charge in [0.2, 0.25) is 0 Å². The van der Waals surface area contributed by atoms with Crippen LogP contribution in [0.1, 0.15) is 33.1 Å². The minimum absolute atomic E-state index is 0.335. The molecule has 0 bridgehead atoms. The number of rotatable bonds is 4. The number of carboxylic acids is 1. The van der Waals surface area contributed by atoms with E-state index in [1.807, 2.05) is 0 Å². The Morgan fingerprint density at radius 1 is 1.57 bits per heavy atom. The van der Waals surface area contributed by atoms with Gasteiger partial charge in [0.15, 0.2) is 0 Å². The molecule has 0 aromatic rings. The van der Waals surface area contributed by atoms with Crippen molar-refractivity contribution in [2.75, 3.05) is 13.6 Å². The molecule has 3 heteroatoms. The number of hydrogen-bond donors (Lipinski definition) is 1. The molecule has 1 saturated heterocycles. The SMILES string of the molecule is CC(C)CC1C(CC(=O)O)CCN1C. The lowest BCUT2D eigenvalue weighted by Crippen LogP contribution is -2.31. The molecule has 0 saturated carbocycles. The monoisotopic (exact) mass is 199 g/mol. The molecule has 0 amide bonds. The van der Waals surface area contributed by atoms with Crippen molar-refractivity contribution in [2.45, 2.75) is 39.2 Å². The van der Waals surface area contributed by atoms with E-state index in [0.29, 0.717) is 24.3 Å². The predicted octanol–water partition coefficient (Wildman–Crippen LogP) is 1.83. The van der Waals surface area contributed by atoms with E-state index < -0.39 is 5.97 Å². The second kappa shape index (κ2) is 4.78. The Bertz CT molecular complexity index is 203. The average Bonchev–Trinajstić information content (AvgIpc) is 2.34. The predicted molar refractivity (Wildman–Crippen MR) is 56.2 cm³/mol. The highest BCUT2D eigenvalue weighted by Crippen LogP contribution is 2.30. The van der Waals surface area contributed by atoms with Crippen LogP contribution in [-0.2, 0) is 4.79 Å². The second-order valence-electron chi connectivity index (χ2n) is 4.82. The number of hydrogen-bond acceptors (Lipinski definition) is 2. The first kappa shape index (κ1) is 11.5. The van der Waals surface area contributed by atoms with Crippen LogP contribution in [0.25, 0.3) is 0 Å². The van der Waals surface area contributed by atoms with Crippen LogP contribution in [-0.4, -0.2) is 35.6 Å². The molecule has 0 aliphatic carbocycles. The van der Waals surface area contributed by atoms with Gasteiger partial charge < -0.3 is 10.0 Å². The Hall–Kier alpha value is -0.570. The zero-order chi connectivity index (χ0) is 10.7. The molecule has 3 nitrogen and oxygen atoms in total. The van der Waals surface area contributed by atoms with Crippen LogP contribution >= 0.6 is 0 Å². The molecule has 82 valence electrons. The summed E-state index contributed by atoms with van der Waals surface area (Å²) in [4.78, 5) is 13.0. The first-order chi connectivity index (χ1) is 6.50. The van der Waals surface area contributed by atoms with Crippen molar-refractivity contribution in [3.63, 3.8) is 0 Å². The van der Waals surface area contributed by atoms with Crippen molar-refractivity contribution in [3.8, 4) is 0 Å². The Morgan fingerprint density at radius 3 is 2.71 bits per heavy atom. The quantitative estimate of drug-likeness (QED) is 0.751. The molecule has 1 heterocycles. The van der Waals surface area contributed by atoms with Gasteiger partial charge in [-0.2, -0.15) is 0 Å². The van der Waals surface area contributed by atoms with Gasteiger partial charge in [0.1, 0.15) is 0 Å². The van der Waals surface area contributed by atoms with Crippen LogP contribution < -0.4 is 0 Å². The Balaban J connectivity index is 2.52. The van der Waals surface area contributed by atoms with Crippen molar-refractivity contribution in [1.29, 1.82) is 0 Å². The van der Waals surface area contributed by atoms with E-state index >= 15 is 0 Å². The maximum atomic E-state index is 10.7. The molecule has 14 heavy (non-hydrogen) atoms. The molecule has 0 aromatic carbocycles. The van der Waals surface area contributed by atoms with Gasteiger partial charge >= 0.3 is 5.97 Å². The molecule has 1 aliphatic heterocycles. The number of likely N-dealkylation sites (tertiary alicyclic amines) is 1. The molecule has 1 rings (SSSR count). The van der Waals surface area contributed by atoms with Gasteiger partial charge in [-0.15, -0.1) is 0 Å². The van der Waals surface area contributed by atoms with Gasteiger partial charge in [-0.25, -0.2) is 0 Å². The molecule has 2 unspecified atom stereocenters. The Labute approximate surface area is 86.1 Å². The van der Waals surface area contributed by atoms with E-state index in [1.165, 1.54) is 0 Å². The molecule has 2 atom stereocenters. The topological polar surface area (TPSA) is 40.5 Å². The van der Waals surface area contributed by atoms with E-state index in [2.05, 4.69) is 25.8 Å². The largest absolute Gasteiger partial charge is 0.481 e. The minimum Gasteiger partial charge on any atom is -0.481 e. The van der Waals surface area contributed by atoms with Crippen LogP contribution in [0.15, 0.2) is 0 Å².